The van der Waals surface area contributed by atoms with Crippen LogP contribution in [0.4, 0.5) is 0 Å². The van der Waals surface area contributed by atoms with E-state index in [1.807, 2.05) is 30.3 Å². The Labute approximate surface area is 180 Å². The Hall–Kier alpha value is -2.99. The average molecular weight is 423 g/mol. The molecule has 2 aromatic heterocycles. The molecule has 0 bridgehead atoms. The predicted molar refractivity (Wildman–Crippen MR) is 116 cm³/mol. The zero-order valence-electron chi connectivity index (χ0n) is 16.8. The van der Waals surface area contributed by atoms with Crippen LogP contribution < -0.4 is 5.56 Å². The second-order valence-electron chi connectivity index (χ2n) is 7.60. The molecule has 1 aliphatic heterocycles. The summed E-state index contributed by atoms with van der Waals surface area (Å²) in [6.07, 6.45) is 2.48. The number of pyridine rings is 1. The summed E-state index contributed by atoms with van der Waals surface area (Å²) in [5.41, 5.74) is 3.36. The number of aryl methyl sites for hydroxylation is 1. The molecular weight excluding hydrogens is 400 g/mol. The van der Waals surface area contributed by atoms with Gasteiger partial charge in [0, 0.05) is 55.0 Å². The molecule has 3 heterocycles. The third-order valence-corrected chi connectivity index (χ3v) is 5.76. The van der Waals surface area contributed by atoms with Crippen molar-refractivity contribution in [3.05, 3.63) is 92.6 Å². The summed E-state index contributed by atoms with van der Waals surface area (Å²) in [7, 11) is 1.55. The molecule has 154 valence electrons. The maximum absolute atomic E-state index is 12.7. The van der Waals surface area contributed by atoms with Crippen LogP contribution in [0.1, 0.15) is 46.2 Å². The van der Waals surface area contributed by atoms with Gasteiger partial charge in [-0.25, -0.2) is 4.68 Å². The number of hydrogen-bond acceptors (Lipinski definition) is 4. The second-order valence-corrected chi connectivity index (χ2v) is 8.04. The smallest absolute Gasteiger partial charge is 0.274 e. The fourth-order valence-electron chi connectivity index (χ4n) is 3.79. The zero-order chi connectivity index (χ0) is 21.1. The third-order valence-electron chi connectivity index (χ3n) is 5.51. The van der Waals surface area contributed by atoms with Crippen LogP contribution in [-0.4, -0.2) is 38.7 Å². The lowest BCUT2D eigenvalue weighted by molar-refractivity contribution is 0.0703. The largest absolute Gasteiger partial charge is 0.337 e. The first-order chi connectivity index (χ1) is 14.5. The molecule has 1 fully saturated rings. The topological polar surface area (TPSA) is 68.1 Å². The van der Waals surface area contributed by atoms with E-state index in [4.69, 9.17) is 16.6 Å². The fourth-order valence-corrected chi connectivity index (χ4v) is 3.92. The Kier molecular flexibility index (Phi) is 5.95. The number of piperidine rings is 1. The molecule has 0 saturated carbocycles. The van der Waals surface area contributed by atoms with E-state index >= 15 is 0 Å². The van der Waals surface area contributed by atoms with E-state index in [1.165, 1.54) is 22.4 Å². The molecule has 0 atom stereocenters. The van der Waals surface area contributed by atoms with E-state index < -0.39 is 0 Å². The van der Waals surface area contributed by atoms with Crippen LogP contribution in [0.15, 0.2) is 59.4 Å². The van der Waals surface area contributed by atoms with E-state index in [9.17, 15) is 9.59 Å². The van der Waals surface area contributed by atoms with Gasteiger partial charge in [-0.2, -0.15) is 5.10 Å². The number of hydrogen-bond donors (Lipinski definition) is 0. The SMILES string of the molecule is Cn1nc(C(=O)N2CCC(c3cccc(Cc4ccc(Cl)cc4)n3)CC2)ccc1=O. The number of carbonyl (C=O) groups is 1. The highest BCUT2D eigenvalue weighted by Crippen LogP contribution is 2.27. The van der Waals surface area contributed by atoms with Crippen LogP contribution >= 0.6 is 11.6 Å². The molecule has 1 amide bonds. The van der Waals surface area contributed by atoms with Crippen LogP contribution in [0.25, 0.3) is 0 Å². The lowest BCUT2D eigenvalue weighted by Crippen LogP contribution is -2.39. The average Bonchev–Trinajstić information content (AvgIpc) is 2.77. The number of carbonyl (C=O) groups excluding carboxylic acids is 1. The van der Waals surface area contributed by atoms with Gasteiger partial charge in [-0.3, -0.25) is 14.6 Å². The lowest BCUT2D eigenvalue weighted by atomic mass is 9.92. The van der Waals surface area contributed by atoms with Crippen molar-refractivity contribution in [2.75, 3.05) is 13.1 Å². The fraction of sp³-hybridized carbons (Fsp3) is 0.304. The van der Waals surface area contributed by atoms with Crippen LogP contribution in [0.5, 0.6) is 0 Å². The van der Waals surface area contributed by atoms with Crippen molar-refractivity contribution in [1.29, 1.82) is 0 Å². The third kappa shape index (κ3) is 4.60. The summed E-state index contributed by atoms with van der Waals surface area (Å²) in [5.74, 6) is 0.195. The lowest BCUT2D eigenvalue weighted by Gasteiger charge is -2.31. The monoisotopic (exact) mass is 422 g/mol. The van der Waals surface area contributed by atoms with E-state index in [0.29, 0.717) is 24.7 Å². The second kappa shape index (κ2) is 8.79. The van der Waals surface area contributed by atoms with Crippen molar-refractivity contribution in [2.45, 2.75) is 25.2 Å². The van der Waals surface area contributed by atoms with Gasteiger partial charge in [0.05, 0.1) is 0 Å². The van der Waals surface area contributed by atoms with E-state index in [0.717, 1.165) is 35.7 Å². The van der Waals surface area contributed by atoms with Gasteiger partial charge in [-0.1, -0.05) is 29.8 Å². The summed E-state index contributed by atoms with van der Waals surface area (Å²) in [5, 5.41) is 4.81. The van der Waals surface area contributed by atoms with Gasteiger partial charge < -0.3 is 4.90 Å². The molecule has 1 aliphatic rings. The maximum Gasteiger partial charge on any atom is 0.274 e. The van der Waals surface area contributed by atoms with Gasteiger partial charge in [-0.05, 0) is 48.7 Å². The number of rotatable bonds is 4. The minimum Gasteiger partial charge on any atom is -0.337 e. The van der Waals surface area contributed by atoms with Crippen molar-refractivity contribution in [3.8, 4) is 0 Å². The summed E-state index contributed by atoms with van der Waals surface area (Å²) in [6, 6.07) is 16.9. The van der Waals surface area contributed by atoms with E-state index in [1.54, 1.807) is 11.9 Å². The first-order valence-corrected chi connectivity index (χ1v) is 10.4. The molecule has 6 nitrogen and oxygen atoms in total. The van der Waals surface area contributed by atoms with Crippen LogP contribution in [0.3, 0.4) is 0 Å². The number of likely N-dealkylation sites (tertiary alicyclic amines) is 1. The van der Waals surface area contributed by atoms with Crippen molar-refractivity contribution < 1.29 is 4.79 Å². The molecule has 30 heavy (non-hydrogen) atoms. The van der Waals surface area contributed by atoms with Gasteiger partial charge in [0.1, 0.15) is 5.69 Å². The Balaban J connectivity index is 1.40. The summed E-state index contributed by atoms with van der Waals surface area (Å²) in [6.45, 7) is 1.30. The van der Waals surface area contributed by atoms with Crippen molar-refractivity contribution in [2.24, 2.45) is 7.05 Å². The highest BCUT2D eigenvalue weighted by atomic mass is 35.5. The van der Waals surface area contributed by atoms with E-state index in [-0.39, 0.29) is 11.5 Å². The minimum atomic E-state index is -0.227. The van der Waals surface area contributed by atoms with Crippen molar-refractivity contribution >= 4 is 17.5 Å². The Morgan fingerprint density at radius 2 is 1.80 bits per heavy atom. The van der Waals surface area contributed by atoms with Crippen molar-refractivity contribution in [1.82, 2.24) is 19.7 Å². The summed E-state index contributed by atoms with van der Waals surface area (Å²) < 4.78 is 1.19. The molecule has 0 N–H and O–H groups in total. The highest BCUT2D eigenvalue weighted by molar-refractivity contribution is 6.30. The Bertz CT molecular complexity index is 1100. The Morgan fingerprint density at radius 1 is 1.07 bits per heavy atom. The number of amides is 1. The number of nitrogens with zero attached hydrogens (tertiary/aromatic N) is 4. The quantitative estimate of drug-likeness (QED) is 0.645. The Morgan fingerprint density at radius 3 is 2.50 bits per heavy atom. The highest BCUT2D eigenvalue weighted by Gasteiger charge is 2.26. The zero-order valence-corrected chi connectivity index (χ0v) is 17.5. The molecule has 0 spiro atoms. The molecule has 7 heteroatoms. The minimum absolute atomic E-state index is 0.131. The molecule has 1 saturated heterocycles. The van der Waals surface area contributed by atoms with Crippen molar-refractivity contribution in [3.63, 3.8) is 0 Å². The molecule has 0 radical (unpaired) electrons. The van der Waals surface area contributed by atoms with Crippen LogP contribution in [-0.2, 0) is 13.5 Å². The van der Waals surface area contributed by atoms with E-state index in [2.05, 4.69) is 17.2 Å². The molecular formula is C23H23ClN4O2. The summed E-state index contributed by atoms with van der Waals surface area (Å²) in [4.78, 5) is 30.9. The van der Waals surface area contributed by atoms with Crippen LogP contribution in [0.2, 0.25) is 5.02 Å². The molecule has 1 aromatic carbocycles. The van der Waals surface area contributed by atoms with Crippen LogP contribution in [0, 0.1) is 0 Å². The number of halogens is 1. The predicted octanol–water partition coefficient (Wildman–Crippen LogP) is 3.44. The normalized spacial score (nSPS) is 14.7. The van der Waals surface area contributed by atoms with Gasteiger partial charge in [0.2, 0.25) is 0 Å². The molecule has 0 aliphatic carbocycles. The first kappa shape index (κ1) is 20.3. The molecule has 0 unspecified atom stereocenters. The molecule has 4 rings (SSSR count). The van der Waals surface area contributed by atoms with Gasteiger partial charge in [-0.15, -0.1) is 0 Å². The van der Waals surface area contributed by atoms with Gasteiger partial charge in [0.25, 0.3) is 11.5 Å². The summed E-state index contributed by atoms with van der Waals surface area (Å²) >= 11 is 5.97. The number of aromatic nitrogens is 3. The number of benzene rings is 1. The molecule has 3 aromatic rings. The maximum atomic E-state index is 12.7. The van der Waals surface area contributed by atoms with Gasteiger partial charge >= 0.3 is 0 Å². The van der Waals surface area contributed by atoms with Gasteiger partial charge in [0.15, 0.2) is 0 Å². The first-order valence-electron chi connectivity index (χ1n) is 10.0. The standard InChI is InChI=1S/C23H23ClN4O2/c1-27-22(29)10-9-21(26-27)23(30)28-13-11-17(12-14-28)20-4-2-3-19(25-20)15-16-5-7-18(24)8-6-16/h2-10,17H,11-15H2,1H3.